The zero-order chi connectivity index (χ0) is 23.1. The van der Waals surface area contributed by atoms with Crippen molar-refractivity contribution in [3.63, 3.8) is 0 Å². The number of ether oxygens (including phenoxy) is 1. The number of phenolic OH excluding ortho intramolecular Hbond substituents is 1. The van der Waals surface area contributed by atoms with Gasteiger partial charge in [0.15, 0.2) is 6.61 Å². The van der Waals surface area contributed by atoms with Gasteiger partial charge in [-0.2, -0.15) is 0 Å². The minimum absolute atomic E-state index is 0.0618. The minimum atomic E-state index is 0.0618. The highest BCUT2D eigenvalue weighted by atomic mass is 16.5. The zero-order valence-electron chi connectivity index (χ0n) is 19.2. The third-order valence-corrected chi connectivity index (χ3v) is 7.82. The molecule has 34 heavy (non-hydrogen) atoms. The molecule has 6 rings (SSSR count). The predicted molar refractivity (Wildman–Crippen MR) is 131 cm³/mol. The van der Waals surface area contributed by atoms with Crippen LogP contribution in [0.2, 0.25) is 0 Å². The molecule has 2 atom stereocenters. The van der Waals surface area contributed by atoms with Crippen LogP contribution in [0.4, 0.5) is 0 Å². The van der Waals surface area contributed by atoms with Crippen molar-refractivity contribution in [2.45, 2.75) is 24.7 Å². The molecule has 5 heteroatoms. The van der Waals surface area contributed by atoms with Crippen molar-refractivity contribution in [3.05, 3.63) is 95.1 Å². The molecule has 3 aromatic rings. The highest BCUT2D eigenvalue weighted by molar-refractivity contribution is 5.79. The van der Waals surface area contributed by atoms with Crippen molar-refractivity contribution < 1.29 is 14.6 Å². The highest BCUT2D eigenvalue weighted by Crippen LogP contribution is 2.47. The van der Waals surface area contributed by atoms with Gasteiger partial charge >= 0.3 is 0 Å². The van der Waals surface area contributed by atoms with E-state index in [1.54, 1.807) is 6.07 Å². The smallest absolute Gasteiger partial charge is 0.260 e. The molecule has 2 aliphatic heterocycles. The second kappa shape index (κ2) is 8.48. The van der Waals surface area contributed by atoms with E-state index in [4.69, 9.17) is 4.74 Å². The van der Waals surface area contributed by atoms with Gasteiger partial charge in [0.2, 0.25) is 0 Å². The third-order valence-electron chi connectivity index (χ3n) is 7.82. The largest absolute Gasteiger partial charge is 0.508 e. The lowest BCUT2D eigenvalue weighted by atomic mass is 9.69. The molecule has 2 N–H and O–H groups in total. The van der Waals surface area contributed by atoms with E-state index in [0.717, 1.165) is 44.8 Å². The number of aromatic hydroxyl groups is 1. The first-order valence-electron chi connectivity index (χ1n) is 12.2. The van der Waals surface area contributed by atoms with Crippen molar-refractivity contribution in [3.8, 4) is 11.5 Å². The van der Waals surface area contributed by atoms with Gasteiger partial charge in [-0.3, -0.25) is 4.79 Å². The second-order valence-corrected chi connectivity index (χ2v) is 10.1. The number of carbonyl (C=O) groups is 1. The molecule has 0 unspecified atom stereocenters. The fourth-order valence-corrected chi connectivity index (χ4v) is 5.93. The number of aryl methyl sites for hydroxylation is 1. The SMILES string of the molecule is O=C(COc1ccc([C@@H]2c3ccc(O)cc3CC[C@@H]2c2ccccc2)cc1)N1CC2(CNC2)C1. The Hall–Kier alpha value is -3.31. The lowest BCUT2D eigenvalue weighted by Gasteiger charge is -2.55. The fourth-order valence-electron chi connectivity index (χ4n) is 5.93. The van der Waals surface area contributed by atoms with E-state index in [1.807, 2.05) is 23.1 Å². The minimum Gasteiger partial charge on any atom is -0.508 e. The first kappa shape index (κ1) is 21.2. The highest BCUT2D eigenvalue weighted by Gasteiger charge is 2.49. The van der Waals surface area contributed by atoms with Crippen molar-refractivity contribution >= 4 is 5.91 Å². The van der Waals surface area contributed by atoms with E-state index in [0.29, 0.717) is 17.1 Å². The Balaban J connectivity index is 1.19. The number of amides is 1. The maximum atomic E-state index is 12.5. The summed E-state index contributed by atoms with van der Waals surface area (Å²) in [4.78, 5) is 14.4. The van der Waals surface area contributed by atoms with E-state index in [-0.39, 0.29) is 18.4 Å². The molecule has 3 aliphatic rings. The summed E-state index contributed by atoms with van der Waals surface area (Å²) in [6.45, 7) is 3.82. The topological polar surface area (TPSA) is 61.8 Å². The summed E-state index contributed by atoms with van der Waals surface area (Å²) < 4.78 is 5.84. The first-order valence-corrected chi connectivity index (χ1v) is 12.2. The Labute approximate surface area is 200 Å². The van der Waals surface area contributed by atoms with E-state index in [9.17, 15) is 9.90 Å². The van der Waals surface area contributed by atoms with Crippen LogP contribution in [0.1, 0.15) is 40.5 Å². The second-order valence-electron chi connectivity index (χ2n) is 10.1. The molecule has 2 heterocycles. The van der Waals surface area contributed by atoms with Crippen molar-refractivity contribution in [2.75, 3.05) is 32.8 Å². The van der Waals surface area contributed by atoms with Gasteiger partial charge in [0.05, 0.1) is 0 Å². The Bertz CT molecular complexity index is 1180. The van der Waals surface area contributed by atoms with E-state index >= 15 is 0 Å². The Kier molecular flexibility index (Phi) is 5.30. The summed E-state index contributed by atoms with van der Waals surface area (Å²) in [7, 11) is 0. The summed E-state index contributed by atoms with van der Waals surface area (Å²) in [5.41, 5.74) is 5.39. The average molecular weight is 455 g/mol. The summed E-state index contributed by atoms with van der Waals surface area (Å²) in [5.74, 6) is 1.68. The zero-order valence-corrected chi connectivity index (χ0v) is 19.2. The van der Waals surface area contributed by atoms with Crippen molar-refractivity contribution in [1.82, 2.24) is 10.2 Å². The normalized spacial score (nSPS) is 22.4. The van der Waals surface area contributed by atoms with Gasteiger partial charge < -0.3 is 20.1 Å². The van der Waals surface area contributed by atoms with Crippen molar-refractivity contribution in [1.29, 1.82) is 0 Å². The number of hydrogen-bond acceptors (Lipinski definition) is 4. The molecule has 0 saturated carbocycles. The van der Waals surface area contributed by atoms with Gasteiger partial charge in [-0.25, -0.2) is 0 Å². The summed E-state index contributed by atoms with van der Waals surface area (Å²) in [6, 6.07) is 24.7. The Morgan fingerprint density at radius 1 is 1.00 bits per heavy atom. The molecule has 5 nitrogen and oxygen atoms in total. The van der Waals surface area contributed by atoms with Crippen LogP contribution >= 0.6 is 0 Å². The maximum absolute atomic E-state index is 12.5. The molecule has 0 aromatic heterocycles. The number of fused-ring (bicyclic) bond motifs is 1. The van der Waals surface area contributed by atoms with E-state index in [1.165, 1.54) is 22.3 Å². The molecule has 2 saturated heterocycles. The first-order chi connectivity index (χ1) is 16.6. The van der Waals surface area contributed by atoms with Gasteiger partial charge in [0, 0.05) is 37.5 Å². The standard InChI is InChI=1S/C29H30N2O3/c32-23-9-13-26-22(14-23)8-12-25(20-4-2-1-3-5-20)28(26)21-6-10-24(11-7-21)34-15-27(33)31-18-29(19-31)16-30-17-29/h1-7,9-11,13-14,25,28,30,32H,8,12,15-19H2/t25-,28+/m1/s1. The molecule has 1 spiro atoms. The van der Waals surface area contributed by atoms with Gasteiger partial charge in [-0.15, -0.1) is 0 Å². The van der Waals surface area contributed by atoms with E-state index in [2.05, 4.69) is 53.8 Å². The number of rotatable bonds is 5. The molecular weight excluding hydrogens is 424 g/mol. The summed E-state index contributed by atoms with van der Waals surface area (Å²) >= 11 is 0. The van der Waals surface area contributed by atoms with Crippen molar-refractivity contribution in [2.24, 2.45) is 5.41 Å². The molecule has 0 radical (unpaired) electrons. The number of likely N-dealkylation sites (tertiary alicyclic amines) is 1. The summed E-state index contributed by atoms with van der Waals surface area (Å²) in [6.07, 6.45) is 1.99. The number of benzene rings is 3. The van der Waals surface area contributed by atoms with Crippen LogP contribution in [0.5, 0.6) is 11.5 Å². The van der Waals surface area contributed by atoms with Gasteiger partial charge in [0.25, 0.3) is 5.91 Å². The van der Waals surface area contributed by atoms with Crippen LogP contribution in [0, 0.1) is 5.41 Å². The van der Waals surface area contributed by atoms with Crippen LogP contribution in [-0.4, -0.2) is 48.7 Å². The van der Waals surface area contributed by atoms with Crippen LogP contribution < -0.4 is 10.1 Å². The Morgan fingerprint density at radius 3 is 2.47 bits per heavy atom. The van der Waals surface area contributed by atoms with E-state index < -0.39 is 0 Å². The lowest BCUT2D eigenvalue weighted by molar-refractivity contribution is -0.148. The fraction of sp³-hybridized carbons (Fsp3) is 0.345. The molecule has 2 fully saturated rings. The number of hydrogen-bond donors (Lipinski definition) is 2. The van der Waals surface area contributed by atoms with Gasteiger partial charge in [-0.1, -0.05) is 48.5 Å². The number of carbonyl (C=O) groups excluding carboxylic acids is 1. The maximum Gasteiger partial charge on any atom is 0.260 e. The third kappa shape index (κ3) is 3.84. The number of nitrogens with one attached hydrogen (secondary N) is 1. The predicted octanol–water partition coefficient (Wildman–Crippen LogP) is 4.06. The van der Waals surface area contributed by atoms with Crippen LogP contribution in [0.25, 0.3) is 0 Å². The van der Waals surface area contributed by atoms with Crippen LogP contribution in [-0.2, 0) is 11.2 Å². The Morgan fingerprint density at radius 2 is 1.76 bits per heavy atom. The molecular formula is C29H30N2O3. The molecule has 3 aromatic carbocycles. The lowest BCUT2D eigenvalue weighted by Crippen LogP contribution is -2.72. The van der Waals surface area contributed by atoms with Gasteiger partial charge in [0.1, 0.15) is 11.5 Å². The quantitative estimate of drug-likeness (QED) is 0.610. The summed E-state index contributed by atoms with van der Waals surface area (Å²) in [5, 5.41) is 13.3. The monoisotopic (exact) mass is 454 g/mol. The molecule has 1 amide bonds. The average Bonchev–Trinajstić information content (AvgIpc) is 2.81. The van der Waals surface area contributed by atoms with Gasteiger partial charge in [-0.05, 0) is 65.3 Å². The molecule has 0 bridgehead atoms. The van der Waals surface area contributed by atoms with Crippen LogP contribution in [0.3, 0.4) is 0 Å². The molecule has 174 valence electrons. The number of nitrogens with zero attached hydrogens (tertiary/aromatic N) is 1. The molecule has 1 aliphatic carbocycles. The van der Waals surface area contributed by atoms with Crippen LogP contribution in [0.15, 0.2) is 72.8 Å². The number of phenols is 1.